The summed E-state index contributed by atoms with van der Waals surface area (Å²) in [6.45, 7) is 0.397. The molecule has 0 aliphatic carbocycles. The molecule has 0 radical (unpaired) electrons. The van der Waals surface area contributed by atoms with Gasteiger partial charge in [0.15, 0.2) is 0 Å². The van der Waals surface area contributed by atoms with Gasteiger partial charge in [0, 0.05) is 29.3 Å². The molecule has 2 aromatic rings. The standard InChI is InChI=1S/C22H23F3N2O3S2/c23-22(24,25)16-31-20-9-5-4-8-19(20)26-21(28)18-10-13-27(14-11-18)32(29,30)15-12-17-6-2-1-3-7-17/h1-9,12,15,18H,10-11,13-14,16H2,(H,26,28)/b15-12+. The number of carbonyl (C=O) groups excluding carboxylic acids is 1. The molecule has 0 bridgehead atoms. The molecule has 0 atom stereocenters. The van der Waals surface area contributed by atoms with Crippen LogP contribution in [-0.2, 0) is 14.8 Å². The zero-order chi connectivity index (χ0) is 23.2. The molecule has 0 spiro atoms. The number of amides is 1. The molecule has 1 aliphatic heterocycles. The van der Waals surface area contributed by atoms with Gasteiger partial charge >= 0.3 is 6.18 Å². The summed E-state index contributed by atoms with van der Waals surface area (Å²) in [5, 5.41) is 3.87. The topological polar surface area (TPSA) is 66.5 Å². The van der Waals surface area contributed by atoms with Crippen LogP contribution in [0.3, 0.4) is 0 Å². The fraction of sp³-hybridized carbons (Fsp3) is 0.318. The van der Waals surface area contributed by atoms with E-state index < -0.39 is 27.9 Å². The first-order chi connectivity index (χ1) is 15.1. The molecule has 10 heteroatoms. The van der Waals surface area contributed by atoms with E-state index >= 15 is 0 Å². The zero-order valence-corrected chi connectivity index (χ0v) is 18.7. The van der Waals surface area contributed by atoms with Crippen LogP contribution in [0.1, 0.15) is 18.4 Å². The van der Waals surface area contributed by atoms with Crippen molar-refractivity contribution in [1.29, 1.82) is 0 Å². The summed E-state index contributed by atoms with van der Waals surface area (Å²) in [6, 6.07) is 15.4. The highest BCUT2D eigenvalue weighted by Gasteiger charge is 2.31. The summed E-state index contributed by atoms with van der Waals surface area (Å²) < 4.78 is 64.1. The Labute approximate surface area is 189 Å². The lowest BCUT2D eigenvalue weighted by Crippen LogP contribution is -2.40. The summed E-state index contributed by atoms with van der Waals surface area (Å²) in [5.41, 5.74) is 1.10. The van der Waals surface area contributed by atoms with Gasteiger partial charge in [-0.15, -0.1) is 11.8 Å². The Bertz CT molecular complexity index is 1050. The third-order valence-electron chi connectivity index (χ3n) is 4.95. The van der Waals surface area contributed by atoms with Gasteiger partial charge in [0.05, 0.1) is 11.4 Å². The molecule has 0 saturated carbocycles. The van der Waals surface area contributed by atoms with Crippen molar-refractivity contribution < 1.29 is 26.4 Å². The number of nitrogens with zero attached hydrogens (tertiary/aromatic N) is 1. The first-order valence-corrected chi connectivity index (χ1v) is 12.5. The van der Waals surface area contributed by atoms with Crippen LogP contribution < -0.4 is 5.32 Å². The number of hydrogen-bond acceptors (Lipinski definition) is 4. The minimum Gasteiger partial charge on any atom is -0.325 e. The number of benzene rings is 2. The number of halogens is 3. The fourth-order valence-electron chi connectivity index (χ4n) is 3.28. The third kappa shape index (κ3) is 7.11. The van der Waals surface area contributed by atoms with E-state index in [2.05, 4.69) is 5.32 Å². The number of alkyl halides is 3. The molecule has 32 heavy (non-hydrogen) atoms. The van der Waals surface area contributed by atoms with Gasteiger partial charge in [-0.2, -0.15) is 17.5 Å². The lowest BCUT2D eigenvalue weighted by atomic mass is 9.97. The number of sulfonamides is 1. The Morgan fingerprint density at radius 1 is 1.06 bits per heavy atom. The average molecular weight is 485 g/mol. The van der Waals surface area contributed by atoms with Gasteiger partial charge in [0.2, 0.25) is 15.9 Å². The number of hydrogen-bond donors (Lipinski definition) is 1. The minimum atomic E-state index is -4.31. The quantitative estimate of drug-likeness (QED) is 0.562. The molecule has 1 N–H and O–H groups in total. The summed E-state index contributed by atoms with van der Waals surface area (Å²) in [5.74, 6) is -1.78. The molecule has 1 fully saturated rings. The monoisotopic (exact) mass is 484 g/mol. The highest BCUT2D eigenvalue weighted by molar-refractivity contribution is 7.99. The lowest BCUT2D eigenvalue weighted by molar-refractivity contribution is -0.121. The van der Waals surface area contributed by atoms with Crippen LogP contribution in [0.15, 0.2) is 64.9 Å². The van der Waals surface area contributed by atoms with Crippen LogP contribution in [0, 0.1) is 5.92 Å². The Hall–Kier alpha value is -2.30. The highest BCUT2D eigenvalue weighted by atomic mass is 32.2. The second kappa shape index (κ2) is 10.5. The van der Waals surface area contributed by atoms with Gasteiger partial charge in [-0.1, -0.05) is 42.5 Å². The van der Waals surface area contributed by atoms with Gasteiger partial charge in [-0.25, -0.2) is 8.42 Å². The van der Waals surface area contributed by atoms with Crippen LogP contribution in [-0.4, -0.2) is 43.6 Å². The van der Waals surface area contributed by atoms with Crippen molar-refractivity contribution in [3.05, 3.63) is 65.6 Å². The van der Waals surface area contributed by atoms with Crippen LogP contribution in [0.2, 0.25) is 0 Å². The van der Waals surface area contributed by atoms with Crippen LogP contribution in [0.4, 0.5) is 18.9 Å². The maximum Gasteiger partial charge on any atom is 0.398 e. The van der Waals surface area contributed by atoms with Gasteiger partial charge in [0.25, 0.3) is 0 Å². The number of rotatable bonds is 7. The maximum absolute atomic E-state index is 12.7. The smallest absolute Gasteiger partial charge is 0.325 e. The zero-order valence-electron chi connectivity index (χ0n) is 17.1. The molecule has 1 amide bonds. The number of piperidine rings is 1. The summed E-state index contributed by atoms with van der Waals surface area (Å²) >= 11 is 0.615. The van der Waals surface area contributed by atoms with Gasteiger partial charge in [-0.3, -0.25) is 4.79 Å². The molecule has 172 valence electrons. The van der Waals surface area contributed by atoms with Crippen LogP contribution >= 0.6 is 11.8 Å². The van der Waals surface area contributed by atoms with Crippen molar-refractivity contribution in [3.8, 4) is 0 Å². The SMILES string of the molecule is O=C(Nc1ccccc1SCC(F)(F)F)C1CCN(S(=O)(=O)/C=C/c2ccccc2)CC1. The molecule has 3 rings (SSSR count). The lowest BCUT2D eigenvalue weighted by Gasteiger charge is -2.29. The summed E-state index contributed by atoms with van der Waals surface area (Å²) in [6.07, 6.45) is -2.11. The molecular weight excluding hydrogens is 461 g/mol. The second-order valence-electron chi connectivity index (χ2n) is 7.32. The number of para-hydroxylation sites is 1. The molecule has 1 saturated heterocycles. The first-order valence-electron chi connectivity index (χ1n) is 9.97. The molecule has 1 heterocycles. The second-order valence-corrected chi connectivity index (χ2v) is 10.2. The van der Waals surface area contributed by atoms with Gasteiger partial charge < -0.3 is 5.32 Å². The van der Waals surface area contributed by atoms with E-state index in [0.717, 1.165) is 11.0 Å². The summed E-state index contributed by atoms with van der Waals surface area (Å²) in [7, 11) is -3.61. The maximum atomic E-state index is 12.7. The first kappa shape index (κ1) is 24.3. The molecule has 0 aromatic heterocycles. The van der Waals surface area contributed by atoms with Crippen molar-refractivity contribution in [3.63, 3.8) is 0 Å². The van der Waals surface area contributed by atoms with Crippen molar-refractivity contribution in [1.82, 2.24) is 4.31 Å². The third-order valence-corrected chi connectivity index (χ3v) is 7.66. The predicted octanol–water partition coefficient (Wildman–Crippen LogP) is 4.99. The van der Waals surface area contributed by atoms with E-state index in [1.54, 1.807) is 30.3 Å². The Morgan fingerprint density at radius 2 is 1.69 bits per heavy atom. The average Bonchev–Trinajstić information content (AvgIpc) is 2.77. The molecule has 0 unspecified atom stereocenters. The van der Waals surface area contributed by atoms with E-state index in [9.17, 15) is 26.4 Å². The van der Waals surface area contributed by atoms with Crippen LogP contribution in [0.5, 0.6) is 0 Å². The summed E-state index contributed by atoms with van der Waals surface area (Å²) in [4.78, 5) is 13.0. The largest absolute Gasteiger partial charge is 0.398 e. The number of nitrogens with one attached hydrogen (secondary N) is 1. The number of thioether (sulfide) groups is 1. The number of anilines is 1. The van der Waals surface area contributed by atoms with Crippen LogP contribution in [0.25, 0.3) is 6.08 Å². The van der Waals surface area contributed by atoms with Gasteiger partial charge in [-0.05, 0) is 36.6 Å². The van der Waals surface area contributed by atoms with Crippen molar-refractivity contribution >= 4 is 39.5 Å². The van der Waals surface area contributed by atoms with E-state index in [1.165, 1.54) is 16.4 Å². The Balaban J connectivity index is 1.56. The van der Waals surface area contributed by atoms with Crippen molar-refractivity contribution in [2.75, 3.05) is 24.2 Å². The molecular formula is C22H23F3N2O3S2. The normalized spacial score (nSPS) is 16.3. The molecule has 1 aliphatic rings. The van der Waals surface area contributed by atoms with E-state index in [0.29, 0.717) is 35.2 Å². The van der Waals surface area contributed by atoms with Crippen molar-refractivity contribution in [2.24, 2.45) is 5.92 Å². The molecule has 5 nitrogen and oxygen atoms in total. The van der Waals surface area contributed by atoms with E-state index in [4.69, 9.17) is 0 Å². The number of carbonyl (C=O) groups is 1. The van der Waals surface area contributed by atoms with E-state index in [-0.39, 0.29) is 19.0 Å². The van der Waals surface area contributed by atoms with E-state index in [1.807, 2.05) is 18.2 Å². The van der Waals surface area contributed by atoms with Crippen molar-refractivity contribution in [2.45, 2.75) is 23.9 Å². The Kier molecular flexibility index (Phi) is 8.02. The molecule has 2 aromatic carbocycles. The Morgan fingerprint density at radius 3 is 2.34 bits per heavy atom. The fourth-order valence-corrected chi connectivity index (χ4v) is 5.27. The minimum absolute atomic E-state index is 0.198. The highest BCUT2D eigenvalue weighted by Crippen LogP contribution is 2.33. The predicted molar refractivity (Wildman–Crippen MR) is 121 cm³/mol. The van der Waals surface area contributed by atoms with Gasteiger partial charge in [0.1, 0.15) is 0 Å².